The lowest BCUT2D eigenvalue weighted by Gasteiger charge is -2.17. The number of ether oxygens (including phenoxy) is 2. The molecule has 0 unspecified atom stereocenters. The minimum absolute atomic E-state index is 0.157. The van der Waals surface area contributed by atoms with Gasteiger partial charge in [0, 0.05) is 19.7 Å². The molecule has 9 heteroatoms. The Labute approximate surface area is 152 Å². The van der Waals surface area contributed by atoms with Crippen LogP contribution in [0.15, 0.2) is 47.4 Å². The van der Waals surface area contributed by atoms with Crippen molar-refractivity contribution in [3.8, 4) is 11.5 Å². The maximum absolute atomic E-state index is 12.7. The van der Waals surface area contributed by atoms with Crippen molar-refractivity contribution in [1.29, 1.82) is 0 Å². The molecule has 2 aromatic rings. The monoisotopic (exact) mass is 380 g/mol. The van der Waals surface area contributed by atoms with E-state index in [4.69, 9.17) is 9.47 Å². The third kappa shape index (κ3) is 4.12. The molecule has 8 nitrogen and oxygen atoms in total. The number of hydrogen-bond acceptors (Lipinski definition) is 6. The summed E-state index contributed by atoms with van der Waals surface area (Å²) in [6.45, 7) is 0.157. The fourth-order valence-electron chi connectivity index (χ4n) is 2.44. The molecule has 0 bridgehead atoms. The van der Waals surface area contributed by atoms with Crippen LogP contribution in [0.1, 0.15) is 5.56 Å². The van der Waals surface area contributed by atoms with Crippen LogP contribution in [0, 0.1) is 10.1 Å². The molecule has 0 atom stereocenters. The van der Waals surface area contributed by atoms with E-state index >= 15 is 0 Å². The molecule has 0 saturated carbocycles. The van der Waals surface area contributed by atoms with Crippen LogP contribution < -0.4 is 9.47 Å². The first-order valence-electron chi connectivity index (χ1n) is 7.72. The number of hydrogen-bond donors (Lipinski definition) is 0. The third-order valence-corrected chi connectivity index (χ3v) is 5.82. The molecule has 2 aromatic carbocycles. The number of para-hydroxylation sites is 1. The van der Waals surface area contributed by atoms with E-state index in [1.165, 1.54) is 45.5 Å². The number of benzene rings is 2. The van der Waals surface area contributed by atoms with Crippen molar-refractivity contribution in [2.45, 2.75) is 11.3 Å². The quantitative estimate of drug-likeness (QED) is 0.515. The molecule has 0 radical (unpaired) electrons. The van der Waals surface area contributed by atoms with Crippen LogP contribution in [0.25, 0.3) is 0 Å². The lowest BCUT2D eigenvalue weighted by atomic mass is 10.1. The number of nitro groups is 1. The van der Waals surface area contributed by atoms with E-state index in [2.05, 4.69) is 0 Å². The van der Waals surface area contributed by atoms with Gasteiger partial charge in [0.2, 0.25) is 10.0 Å². The highest BCUT2D eigenvalue weighted by atomic mass is 32.2. The second kappa shape index (κ2) is 8.15. The summed E-state index contributed by atoms with van der Waals surface area (Å²) in [7, 11) is 0.471. The van der Waals surface area contributed by atoms with Crippen molar-refractivity contribution >= 4 is 15.7 Å². The number of methoxy groups -OCH3 is 2. The van der Waals surface area contributed by atoms with Crippen LogP contribution in [-0.4, -0.2) is 45.5 Å². The normalized spacial score (nSPS) is 11.4. The van der Waals surface area contributed by atoms with E-state index in [1.54, 1.807) is 12.1 Å². The minimum atomic E-state index is -3.98. The lowest BCUT2D eigenvalue weighted by molar-refractivity contribution is -0.387. The average molecular weight is 380 g/mol. The molecule has 2 rings (SSSR count). The van der Waals surface area contributed by atoms with Gasteiger partial charge < -0.3 is 9.47 Å². The van der Waals surface area contributed by atoms with Crippen molar-refractivity contribution in [1.82, 2.24) is 4.31 Å². The molecule has 0 amide bonds. The van der Waals surface area contributed by atoms with E-state index < -0.39 is 20.6 Å². The van der Waals surface area contributed by atoms with E-state index in [9.17, 15) is 18.5 Å². The molecule has 0 fully saturated rings. The van der Waals surface area contributed by atoms with Gasteiger partial charge in [-0.05, 0) is 30.2 Å². The van der Waals surface area contributed by atoms with Crippen LogP contribution in [0.5, 0.6) is 11.5 Å². The van der Waals surface area contributed by atoms with Gasteiger partial charge in [0.05, 0.1) is 19.1 Å². The van der Waals surface area contributed by atoms with Gasteiger partial charge in [0.25, 0.3) is 5.69 Å². The van der Waals surface area contributed by atoms with Gasteiger partial charge in [-0.3, -0.25) is 10.1 Å². The summed E-state index contributed by atoms with van der Waals surface area (Å²) >= 11 is 0. The molecule has 0 saturated heterocycles. The zero-order valence-electron chi connectivity index (χ0n) is 14.7. The lowest BCUT2D eigenvalue weighted by Crippen LogP contribution is -2.29. The first-order chi connectivity index (χ1) is 12.3. The Bertz CT molecular complexity index is 898. The maximum Gasteiger partial charge on any atom is 0.289 e. The summed E-state index contributed by atoms with van der Waals surface area (Å²) in [6, 6.07) is 10.6. The Morgan fingerprint density at radius 2 is 1.73 bits per heavy atom. The van der Waals surface area contributed by atoms with Gasteiger partial charge >= 0.3 is 0 Å². The summed E-state index contributed by atoms with van der Waals surface area (Å²) in [4.78, 5) is 10.1. The summed E-state index contributed by atoms with van der Waals surface area (Å²) in [5.41, 5.74) is 0.415. The molecule has 26 heavy (non-hydrogen) atoms. The number of rotatable bonds is 8. The second-order valence-corrected chi connectivity index (χ2v) is 7.50. The summed E-state index contributed by atoms with van der Waals surface area (Å²) < 4.78 is 36.9. The predicted octanol–water partition coefficient (Wildman–Crippen LogP) is 2.48. The summed E-state index contributed by atoms with van der Waals surface area (Å²) in [6.07, 6.45) is 0.413. The molecule has 140 valence electrons. The van der Waals surface area contributed by atoms with Crippen molar-refractivity contribution < 1.29 is 22.8 Å². The van der Waals surface area contributed by atoms with Crippen LogP contribution in [0.2, 0.25) is 0 Å². The van der Waals surface area contributed by atoms with Gasteiger partial charge in [-0.2, -0.15) is 0 Å². The number of nitrogens with zero attached hydrogens (tertiary/aromatic N) is 2. The summed E-state index contributed by atoms with van der Waals surface area (Å²) in [5.74, 6) is 1.13. The Hall–Kier alpha value is -2.65. The van der Waals surface area contributed by atoms with Crippen molar-refractivity contribution in [2.75, 3.05) is 27.8 Å². The Morgan fingerprint density at radius 3 is 2.35 bits per heavy atom. The maximum atomic E-state index is 12.7. The van der Waals surface area contributed by atoms with Crippen LogP contribution in [-0.2, 0) is 16.4 Å². The highest BCUT2D eigenvalue weighted by Gasteiger charge is 2.28. The van der Waals surface area contributed by atoms with Crippen molar-refractivity contribution in [2.24, 2.45) is 0 Å². The molecular formula is C17H20N2O6S. The van der Waals surface area contributed by atoms with E-state index in [0.717, 1.165) is 9.87 Å². The third-order valence-electron chi connectivity index (χ3n) is 3.91. The highest BCUT2D eigenvalue weighted by Crippen LogP contribution is 2.28. The zero-order valence-corrected chi connectivity index (χ0v) is 15.5. The first kappa shape index (κ1) is 19.7. The molecule has 0 aliphatic heterocycles. The predicted molar refractivity (Wildman–Crippen MR) is 96.2 cm³/mol. The molecule has 0 N–H and O–H groups in total. The molecular weight excluding hydrogens is 360 g/mol. The largest absolute Gasteiger partial charge is 0.493 e. The topological polar surface area (TPSA) is 99.0 Å². The van der Waals surface area contributed by atoms with Gasteiger partial charge in [0.1, 0.15) is 0 Å². The second-order valence-electron chi connectivity index (χ2n) is 5.49. The van der Waals surface area contributed by atoms with Crippen LogP contribution in [0.3, 0.4) is 0 Å². The number of sulfonamides is 1. The van der Waals surface area contributed by atoms with Crippen LogP contribution in [0.4, 0.5) is 5.69 Å². The first-order valence-corrected chi connectivity index (χ1v) is 9.16. The van der Waals surface area contributed by atoms with Crippen molar-refractivity contribution in [3.05, 3.63) is 58.1 Å². The van der Waals surface area contributed by atoms with Crippen LogP contribution >= 0.6 is 0 Å². The fraction of sp³-hybridized carbons (Fsp3) is 0.294. The zero-order chi connectivity index (χ0) is 19.3. The van der Waals surface area contributed by atoms with E-state index in [1.807, 2.05) is 6.07 Å². The van der Waals surface area contributed by atoms with Crippen molar-refractivity contribution in [3.63, 3.8) is 0 Å². The molecule has 0 aliphatic carbocycles. The molecule has 0 spiro atoms. The van der Waals surface area contributed by atoms with Gasteiger partial charge in [-0.15, -0.1) is 0 Å². The number of nitro benzene ring substituents is 1. The fourth-order valence-corrected chi connectivity index (χ4v) is 3.76. The van der Waals surface area contributed by atoms with Gasteiger partial charge in [0.15, 0.2) is 16.4 Å². The SMILES string of the molecule is COc1ccc(CCN(C)S(=O)(=O)c2ccccc2[N+](=O)[O-])cc1OC. The Morgan fingerprint density at radius 1 is 1.08 bits per heavy atom. The van der Waals surface area contributed by atoms with E-state index in [-0.39, 0.29) is 11.4 Å². The average Bonchev–Trinajstić information content (AvgIpc) is 2.65. The highest BCUT2D eigenvalue weighted by molar-refractivity contribution is 7.89. The van der Waals surface area contributed by atoms with Gasteiger partial charge in [-0.25, -0.2) is 12.7 Å². The standard InChI is InChI=1S/C17H20N2O6S/c1-18(11-10-13-8-9-15(24-2)16(12-13)25-3)26(22,23)17-7-5-4-6-14(17)19(20)21/h4-9,12H,10-11H2,1-3H3. The molecule has 0 heterocycles. The Balaban J connectivity index is 2.20. The summed E-state index contributed by atoms with van der Waals surface area (Å²) in [5, 5.41) is 11.1. The van der Waals surface area contributed by atoms with E-state index in [0.29, 0.717) is 17.9 Å². The molecule has 0 aromatic heterocycles. The smallest absolute Gasteiger partial charge is 0.289 e. The molecule has 0 aliphatic rings. The minimum Gasteiger partial charge on any atom is -0.493 e. The Kier molecular flexibility index (Phi) is 6.17. The number of likely N-dealkylation sites (N-methyl/N-ethyl adjacent to an activating group) is 1. The van der Waals surface area contributed by atoms with Gasteiger partial charge in [-0.1, -0.05) is 18.2 Å².